The first-order valence-electron chi connectivity index (χ1n) is 7.86. The zero-order valence-corrected chi connectivity index (χ0v) is 15.1. The third kappa shape index (κ3) is 3.67. The van der Waals surface area contributed by atoms with Crippen LogP contribution in [0.3, 0.4) is 0 Å². The van der Waals surface area contributed by atoms with Crippen molar-refractivity contribution in [2.75, 3.05) is 6.61 Å². The highest BCUT2D eigenvalue weighted by atomic mass is 32.2. The summed E-state index contributed by atoms with van der Waals surface area (Å²) in [5.41, 5.74) is 1.91. The van der Waals surface area contributed by atoms with Crippen molar-refractivity contribution in [3.63, 3.8) is 0 Å². The van der Waals surface area contributed by atoms with Gasteiger partial charge in [-0.3, -0.25) is 0 Å². The molecule has 0 aliphatic heterocycles. The van der Waals surface area contributed by atoms with E-state index < -0.39 is 0 Å². The maximum absolute atomic E-state index is 5.74. The molecule has 5 nitrogen and oxygen atoms in total. The number of rotatable bonds is 6. The topological polar surface area (TPSA) is 61.0 Å². The fourth-order valence-electron chi connectivity index (χ4n) is 2.35. The molecule has 0 N–H and O–H groups in total. The van der Waals surface area contributed by atoms with Crippen LogP contribution in [0.1, 0.15) is 11.9 Å². The van der Waals surface area contributed by atoms with Crippen molar-refractivity contribution in [3.05, 3.63) is 53.5 Å². The largest absolute Gasteiger partial charge is 0.494 e. The molecular weight excluding hydrogens is 354 g/mol. The predicted octanol–water partition coefficient (Wildman–Crippen LogP) is 5.04. The van der Waals surface area contributed by atoms with Crippen molar-refractivity contribution in [1.29, 1.82) is 0 Å². The number of aromatic nitrogens is 3. The molecule has 25 heavy (non-hydrogen) atoms. The van der Waals surface area contributed by atoms with E-state index in [1.54, 1.807) is 11.3 Å². The van der Waals surface area contributed by atoms with Crippen molar-refractivity contribution in [2.45, 2.75) is 17.9 Å². The number of nitrogens with zero attached hydrogens (tertiary/aromatic N) is 3. The lowest BCUT2D eigenvalue weighted by molar-refractivity contribution is 0.340. The minimum Gasteiger partial charge on any atom is -0.494 e. The van der Waals surface area contributed by atoms with Crippen LogP contribution < -0.4 is 4.74 Å². The van der Waals surface area contributed by atoms with Gasteiger partial charge in [-0.05, 0) is 43.3 Å². The van der Waals surface area contributed by atoms with Crippen LogP contribution in [0.5, 0.6) is 5.75 Å². The van der Waals surface area contributed by atoms with Crippen LogP contribution in [-0.2, 0) is 5.75 Å². The van der Waals surface area contributed by atoms with E-state index in [4.69, 9.17) is 9.15 Å². The van der Waals surface area contributed by atoms with Crippen LogP contribution in [0.2, 0.25) is 0 Å². The zero-order chi connectivity index (χ0) is 17.1. The number of fused-ring (bicyclic) bond motifs is 1. The van der Waals surface area contributed by atoms with Gasteiger partial charge in [-0.15, -0.1) is 21.5 Å². The smallest absolute Gasteiger partial charge is 0.277 e. The molecule has 4 aromatic rings. The molecule has 126 valence electrons. The maximum atomic E-state index is 5.74. The van der Waals surface area contributed by atoms with Gasteiger partial charge < -0.3 is 9.15 Å². The first-order valence-corrected chi connectivity index (χ1v) is 9.66. The second-order valence-corrected chi connectivity index (χ2v) is 7.24. The highest BCUT2D eigenvalue weighted by Crippen LogP contribution is 2.29. The van der Waals surface area contributed by atoms with Gasteiger partial charge in [0.15, 0.2) is 0 Å². The summed E-state index contributed by atoms with van der Waals surface area (Å²) in [7, 11) is 0. The van der Waals surface area contributed by atoms with Crippen molar-refractivity contribution >= 4 is 33.3 Å². The summed E-state index contributed by atoms with van der Waals surface area (Å²) in [5.74, 6) is 2.05. The van der Waals surface area contributed by atoms with Gasteiger partial charge in [-0.2, -0.15) is 0 Å². The summed E-state index contributed by atoms with van der Waals surface area (Å²) >= 11 is 3.19. The van der Waals surface area contributed by atoms with E-state index in [1.165, 1.54) is 16.5 Å². The number of para-hydroxylation sites is 1. The number of benzene rings is 2. The Morgan fingerprint density at radius 2 is 1.92 bits per heavy atom. The summed E-state index contributed by atoms with van der Waals surface area (Å²) in [4.78, 5) is 4.61. The van der Waals surface area contributed by atoms with Crippen LogP contribution in [0.25, 0.3) is 21.7 Å². The predicted molar refractivity (Wildman–Crippen MR) is 100 cm³/mol. The van der Waals surface area contributed by atoms with Gasteiger partial charge >= 0.3 is 0 Å². The maximum Gasteiger partial charge on any atom is 0.277 e. The monoisotopic (exact) mass is 369 g/mol. The van der Waals surface area contributed by atoms with E-state index >= 15 is 0 Å². The molecule has 0 amide bonds. The van der Waals surface area contributed by atoms with Crippen LogP contribution >= 0.6 is 23.1 Å². The minimum atomic E-state index is 0.509. The standard InChI is InChI=1S/C18H15N3O2S2/c1-2-22-13-9-7-12(8-10-13)17-20-21-18(23-17)24-11-16-19-14-5-3-4-6-15(14)25-16/h3-10H,2,11H2,1H3. The molecule has 0 spiro atoms. The molecule has 0 fully saturated rings. The van der Waals surface area contributed by atoms with Gasteiger partial charge in [-0.25, -0.2) is 4.98 Å². The lowest BCUT2D eigenvalue weighted by Crippen LogP contribution is -1.90. The van der Waals surface area contributed by atoms with Gasteiger partial charge in [0.1, 0.15) is 10.8 Å². The van der Waals surface area contributed by atoms with Crippen LogP contribution in [0.4, 0.5) is 0 Å². The first-order chi connectivity index (χ1) is 12.3. The summed E-state index contributed by atoms with van der Waals surface area (Å²) in [5, 5.41) is 9.83. The Kier molecular flexibility index (Phi) is 4.67. The zero-order valence-electron chi connectivity index (χ0n) is 13.5. The highest BCUT2D eigenvalue weighted by Gasteiger charge is 2.11. The molecule has 0 saturated heterocycles. The molecule has 0 saturated carbocycles. The van der Waals surface area contributed by atoms with Gasteiger partial charge in [0.2, 0.25) is 5.89 Å². The Bertz CT molecular complexity index is 946. The van der Waals surface area contributed by atoms with Crippen LogP contribution in [0, 0.1) is 0 Å². The van der Waals surface area contributed by atoms with Crippen molar-refractivity contribution in [1.82, 2.24) is 15.2 Å². The normalized spacial score (nSPS) is 11.1. The lowest BCUT2D eigenvalue weighted by atomic mass is 10.2. The summed E-state index contributed by atoms with van der Waals surface area (Å²) in [6.07, 6.45) is 0. The SMILES string of the molecule is CCOc1ccc(-c2nnc(SCc3nc4ccccc4s3)o2)cc1. The minimum absolute atomic E-state index is 0.509. The van der Waals surface area contributed by atoms with E-state index in [1.807, 2.05) is 49.4 Å². The molecular formula is C18H15N3O2S2. The average Bonchev–Trinajstić information content (AvgIpc) is 3.27. The fraction of sp³-hybridized carbons (Fsp3) is 0.167. The Balaban J connectivity index is 1.44. The molecule has 2 aromatic carbocycles. The van der Waals surface area contributed by atoms with E-state index in [9.17, 15) is 0 Å². The van der Waals surface area contributed by atoms with E-state index in [0.717, 1.165) is 21.8 Å². The average molecular weight is 369 g/mol. The number of hydrogen-bond donors (Lipinski definition) is 0. The summed E-state index contributed by atoms with van der Waals surface area (Å²) in [6, 6.07) is 15.8. The summed E-state index contributed by atoms with van der Waals surface area (Å²) in [6.45, 7) is 2.60. The van der Waals surface area contributed by atoms with Gasteiger partial charge in [0, 0.05) is 5.56 Å². The number of thiazole rings is 1. The molecule has 0 bridgehead atoms. The molecule has 0 atom stereocenters. The lowest BCUT2D eigenvalue weighted by Gasteiger charge is -2.02. The summed E-state index contributed by atoms with van der Waals surface area (Å²) < 4.78 is 12.4. The van der Waals surface area contributed by atoms with Crippen molar-refractivity contribution < 1.29 is 9.15 Å². The second kappa shape index (κ2) is 7.25. The molecule has 2 heterocycles. The Morgan fingerprint density at radius 1 is 1.08 bits per heavy atom. The third-order valence-corrected chi connectivity index (χ3v) is 5.52. The molecule has 0 aliphatic carbocycles. The molecule has 4 rings (SSSR count). The molecule has 2 aromatic heterocycles. The molecule has 0 aliphatic rings. The quantitative estimate of drug-likeness (QED) is 0.444. The highest BCUT2D eigenvalue weighted by molar-refractivity contribution is 7.98. The Morgan fingerprint density at radius 3 is 2.72 bits per heavy atom. The first kappa shape index (κ1) is 16.1. The van der Waals surface area contributed by atoms with Gasteiger partial charge in [0.25, 0.3) is 5.22 Å². The number of ether oxygens (including phenoxy) is 1. The fourth-order valence-corrected chi connectivity index (χ4v) is 4.07. The van der Waals surface area contributed by atoms with Crippen LogP contribution in [-0.4, -0.2) is 21.8 Å². The second-order valence-electron chi connectivity index (χ2n) is 5.19. The third-order valence-electron chi connectivity index (χ3n) is 3.48. The van der Waals surface area contributed by atoms with Gasteiger partial charge in [-0.1, -0.05) is 23.9 Å². The molecule has 0 unspecified atom stereocenters. The Labute approximate surface area is 153 Å². The number of thioether (sulfide) groups is 1. The molecule has 7 heteroatoms. The van der Waals surface area contributed by atoms with Crippen molar-refractivity contribution in [2.24, 2.45) is 0 Å². The van der Waals surface area contributed by atoms with Crippen LogP contribution in [0.15, 0.2) is 58.2 Å². The molecule has 0 radical (unpaired) electrons. The van der Waals surface area contributed by atoms with Crippen molar-refractivity contribution in [3.8, 4) is 17.2 Å². The van der Waals surface area contributed by atoms with E-state index in [-0.39, 0.29) is 0 Å². The Hall–Kier alpha value is -2.38. The number of hydrogen-bond acceptors (Lipinski definition) is 7. The van der Waals surface area contributed by atoms with E-state index in [2.05, 4.69) is 21.2 Å². The van der Waals surface area contributed by atoms with Gasteiger partial charge in [0.05, 0.1) is 22.6 Å². The van der Waals surface area contributed by atoms with E-state index in [0.29, 0.717) is 23.5 Å².